The Kier molecular flexibility index (Phi) is 2.95. The van der Waals surface area contributed by atoms with Gasteiger partial charge in [0.05, 0.1) is 5.69 Å². The van der Waals surface area contributed by atoms with Gasteiger partial charge in [0, 0.05) is 11.9 Å². The molecule has 1 aromatic rings. The molecule has 1 heterocycles. The lowest BCUT2D eigenvalue weighted by Crippen LogP contribution is -2.13. The third kappa shape index (κ3) is 1.73. The maximum atomic E-state index is 10.9. The van der Waals surface area contributed by atoms with Crippen molar-refractivity contribution >= 4 is 23.7 Å². The summed E-state index contributed by atoms with van der Waals surface area (Å²) >= 11 is 1.49. The van der Waals surface area contributed by atoms with E-state index in [2.05, 4.69) is 12.1 Å². The Morgan fingerprint density at radius 2 is 2.06 bits per heavy atom. The highest BCUT2D eigenvalue weighted by molar-refractivity contribution is 8.03. The van der Waals surface area contributed by atoms with Gasteiger partial charge in [0.1, 0.15) is 16.7 Å². The molecule has 0 spiro atoms. The first kappa shape index (κ1) is 11.7. The first-order valence-electron chi connectivity index (χ1n) is 5.21. The molecule has 0 N–H and O–H groups in total. The van der Waals surface area contributed by atoms with Crippen molar-refractivity contribution in [1.29, 1.82) is 5.26 Å². The first-order chi connectivity index (χ1) is 8.10. The van der Waals surface area contributed by atoms with Gasteiger partial charge in [0.25, 0.3) is 0 Å². The van der Waals surface area contributed by atoms with Crippen molar-refractivity contribution in [3.8, 4) is 6.07 Å². The third-order valence-electron chi connectivity index (χ3n) is 2.84. The first-order valence-corrected chi connectivity index (χ1v) is 6.03. The summed E-state index contributed by atoms with van der Waals surface area (Å²) in [6.07, 6.45) is 0.620. The Morgan fingerprint density at radius 1 is 1.41 bits per heavy atom. The van der Waals surface area contributed by atoms with Crippen LogP contribution in [0.3, 0.4) is 0 Å². The maximum Gasteiger partial charge on any atom is 0.163 e. The number of thioether (sulfide) groups is 1. The van der Waals surface area contributed by atoms with E-state index in [9.17, 15) is 4.79 Å². The lowest BCUT2D eigenvalue weighted by molar-refractivity contribution is -0.104. The fourth-order valence-corrected chi connectivity index (χ4v) is 3.19. The minimum Gasteiger partial charge on any atom is -0.337 e. The van der Waals surface area contributed by atoms with Gasteiger partial charge in [0.15, 0.2) is 6.29 Å². The molecule has 0 saturated carbocycles. The zero-order valence-corrected chi connectivity index (χ0v) is 10.8. The van der Waals surface area contributed by atoms with Crippen molar-refractivity contribution in [2.24, 2.45) is 0 Å². The number of nitriles is 1. The summed E-state index contributed by atoms with van der Waals surface area (Å²) in [5.41, 5.74) is 3.60. The van der Waals surface area contributed by atoms with Gasteiger partial charge in [-0.2, -0.15) is 5.26 Å². The molecule has 0 atom stereocenters. The molecule has 0 bridgehead atoms. The van der Waals surface area contributed by atoms with Crippen LogP contribution in [0.25, 0.3) is 0 Å². The monoisotopic (exact) mass is 244 g/mol. The third-order valence-corrected chi connectivity index (χ3v) is 4.24. The molecule has 17 heavy (non-hydrogen) atoms. The van der Waals surface area contributed by atoms with Crippen LogP contribution < -0.4 is 4.90 Å². The van der Waals surface area contributed by atoms with E-state index in [1.807, 2.05) is 31.9 Å². The van der Waals surface area contributed by atoms with Crippen molar-refractivity contribution in [2.45, 2.75) is 18.7 Å². The molecule has 86 valence electrons. The van der Waals surface area contributed by atoms with Crippen LogP contribution in [0.5, 0.6) is 0 Å². The number of nitrogens with zero attached hydrogens (tertiary/aromatic N) is 2. The number of aldehydes is 1. The van der Waals surface area contributed by atoms with Gasteiger partial charge in [-0.15, -0.1) is 0 Å². The molecule has 1 aliphatic rings. The van der Waals surface area contributed by atoms with Crippen molar-refractivity contribution < 1.29 is 4.79 Å². The number of fused-ring (bicyclic) bond motifs is 1. The summed E-state index contributed by atoms with van der Waals surface area (Å²) in [6, 6.07) is 6.06. The summed E-state index contributed by atoms with van der Waals surface area (Å²) in [5.74, 6) is 0. The van der Waals surface area contributed by atoms with Crippen LogP contribution >= 0.6 is 11.8 Å². The van der Waals surface area contributed by atoms with E-state index < -0.39 is 0 Å². The molecular formula is C13H12N2OS. The van der Waals surface area contributed by atoms with Crippen molar-refractivity contribution in [3.05, 3.63) is 33.9 Å². The topological polar surface area (TPSA) is 44.1 Å². The summed E-state index contributed by atoms with van der Waals surface area (Å²) in [7, 11) is 1.89. The average Bonchev–Trinajstić information content (AvgIpc) is 2.66. The predicted molar refractivity (Wildman–Crippen MR) is 68.9 cm³/mol. The zero-order valence-electron chi connectivity index (χ0n) is 9.94. The van der Waals surface area contributed by atoms with Crippen LogP contribution in [0, 0.1) is 25.2 Å². The van der Waals surface area contributed by atoms with Gasteiger partial charge in [-0.1, -0.05) is 23.9 Å². The van der Waals surface area contributed by atoms with E-state index in [-0.39, 0.29) is 5.57 Å². The van der Waals surface area contributed by atoms with Gasteiger partial charge in [-0.25, -0.2) is 0 Å². The number of hydrogen-bond donors (Lipinski definition) is 0. The van der Waals surface area contributed by atoms with E-state index in [1.165, 1.54) is 17.3 Å². The molecule has 0 aliphatic carbocycles. The van der Waals surface area contributed by atoms with Gasteiger partial charge < -0.3 is 4.90 Å². The van der Waals surface area contributed by atoms with Crippen LogP contribution in [0.2, 0.25) is 0 Å². The molecule has 2 rings (SSSR count). The molecule has 0 radical (unpaired) electrons. The molecule has 0 unspecified atom stereocenters. The standard InChI is InChI=1S/C13H12N2OS/c1-8-4-5-9(2)12-11(8)15(3)13(17-12)10(6-14)7-16/h4-5,7H,1-3H3/b13-10+. The number of anilines is 1. The molecule has 0 saturated heterocycles. The Labute approximate surface area is 105 Å². The molecule has 0 amide bonds. The molecule has 3 nitrogen and oxygen atoms in total. The zero-order chi connectivity index (χ0) is 12.6. The molecule has 1 aliphatic heterocycles. The second kappa shape index (κ2) is 4.27. The van der Waals surface area contributed by atoms with Crippen molar-refractivity contribution in [3.63, 3.8) is 0 Å². The van der Waals surface area contributed by atoms with E-state index >= 15 is 0 Å². The average molecular weight is 244 g/mol. The number of allylic oxidation sites excluding steroid dienone is 1. The maximum absolute atomic E-state index is 10.9. The number of benzene rings is 1. The number of aryl methyl sites for hydroxylation is 2. The van der Waals surface area contributed by atoms with E-state index in [0.717, 1.165) is 21.2 Å². The molecule has 4 heteroatoms. The number of rotatable bonds is 1. The highest BCUT2D eigenvalue weighted by atomic mass is 32.2. The lowest BCUT2D eigenvalue weighted by Gasteiger charge is -2.16. The summed E-state index contributed by atoms with van der Waals surface area (Å²) in [4.78, 5) is 13.9. The fourth-order valence-electron chi connectivity index (χ4n) is 1.94. The number of hydrogen-bond acceptors (Lipinski definition) is 4. The highest BCUT2D eigenvalue weighted by Gasteiger charge is 2.27. The second-order valence-corrected chi connectivity index (χ2v) is 4.99. The Hall–Kier alpha value is -1.73. The SMILES string of the molecule is Cc1ccc(C)c2c1S/C(=C(\C#N)C=O)N2C. The smallest absolute Gasteiger partial charge is 0.163 e. The van der Waals surface area contributed by atoms with Crippen LogP contribution in [0.15, 0.2) is 27.6 Å². The van der Waals surface area contributed by atoms with Crippen molar-refractivity contribution in [2.75, 3.05) is 11.9 Å². The van der Waals surface area contributed by atoms with Crippen LogP contribution in [0.1, 0.15) is 11.1 Å². The van der Waals surface area contributed by atoms with E-state index in [4.69, 9.17) is 5.26 Å². The molecule has 0 fully saturated rings. The van der Waals surface area contributed by atoms with E-state index in [1.54, 1.807) is 0 Å². The van der Waals surface area contributed by atoms with Gasteiger partial charge >= 0.3 is 0 Å². The van der Waals surface area contributed by atoms with Crippen LogP contribution in [-0.2, 0) is 4.79 Å². The minimum atomic E-state index is 0.188. The van der Waals surface area contributed by atoms with Gasteiger partial charge in [-0.05, 0) is 25.0 Å². The number of carbonyl (C=O) groups excluding carboxylic acids is 1. The number of carbonyl (C=O) groups is 1. The largest absolute Gasteiger partial charge is 0.337 e. The van der Waals surface area contributed by atoms with E-state index in [0.29, 0.717) is 6.29 Å². The second-order valence-electron chi connectivity index (χ2n) is 3.99. The normalized spacial score (nSPS) is 16.5. The molecule has 0 aromatic heterocycles. The molecule has 1 aromatic carbocycles. The van der Waals surface area contributed by atoms with Crippen LogP contribution in [-0.4, -0.2) is 13.3 Å². The summed E-state index contributed by atoms with van der Waals surface area (Å²) in [6.45, 7) is 4.07. The Bertz CT molecular complexity index is 570. The quantitative estimate of drug-likeness (QED) is 0.433. The Morgan fingerprint density at radius 3 is 2.59 bits per heavy atom. The minimum absolute atomic E-state index is 0.188. The summed E-state index contributed by atoms with van der Waals surface area (Å²) < 4.78 is 0. The fraction of sp³-hybridized carbons (Fsp3) is 0.231. The van der Waals surface area contributed by atoms with Gasteiger partial charge in [-0.3, -0.25) is 4.79 Å². The predicted octanol–water partition coefficient (Wildman–Crippen LogP) is 2.78. The highest BCUT2D eigenvalue weighted by Crippen LogP contribution is 2.49. The molecular weight excluding hydrogens is 232 g/mol. The van der Waals surface area contributed by atoms with Crippen LogP contribution in [0.4, 0.5) is 5.69 Å². The summed E-state index contributed by atoms with van der Waals surface area (Å²) in [5, 5.41) is 9.66. The lowest BCUT2D eigenvalue weighted by atomic mass is 10.1. The Balaban J connectivity index is 2.65. The van der Waals surface area contributed by atoms with Gasteiger partial charge in [0.2, 0.25) is 0 Å². The van der Waals surface area contributed by atoms with Crippen molar-refractivity contribution in [1.82, 2.24) is 0 Å².